The van der Waals surface area contributed by atoms with Crippen molar-refractivity contribution >= 4 is 17.3 Å². The molecule has 1 N–H and O–H groups in total. The summed E-state index contributed by atoms with van der Waals surface area (Å²) in [6.07, 6.45) is 7.36. The van der Waals surface area contributed by atoms with Crippen molar-refractivity contribution in [1.29, 1.82) is 0 Å². The first-order valence-electron chi connectivity index (χ1n) is 7.73. The van der Waals surface area contributed by atoms with E-state index in [0.717, 1.165) is 19.4 Å². The molecule has 0 amide bonds. The van der Waals surface area contributed by atoms with Gasteiger partial charge in [-0.2, -0.15) is 0 Å². The number of nitrogens with one attached hydrogen (secondary N) is 1. The highest BCUT2D eigenvalue weighted by Crippen LogP contribution is 2.26. The van der Waals surface area contributed by atoms with Crippen LogP contribution in [0.3, 0.4) is 0 Å². The molecule has 4 heteroatoms. The standard InChI is InChI=1S/C16H25NO2S/c1-2-19-16(18)15(13-8-5-3-4-6-9-13)17-12-14-10-7-11-20-14/h7,10-11,13,15,17H,2-6,8-9,12H2,1H3. The van der Waals surface area contributed by atoms with E-state index in [0.29, 0.717) is 12.5 Å². The lowest BCUT2D eigenvalue weighted by molar-refractivity contribution is -0.147. The molecule has 0 saturated heterocycles. The predicted octanol–water partition coefficient (Wildman–Crippen LogP) is 3.74. The summed E-state index contributed by atoms with van der Waals surface area (Å²) in [4.78, 5) is 13.5. The number of hydrogen-bond acceptors (Lipinski definition) is 4. The zero-order valence-electron chi connectivity index (χ0n) is 12.3. The summed E-state index contributed by atoms with van der Waals surface area (Å²) >= 11 is 1.73. The van der Waals surface area contributed by atoms with E-state index in [-0.39, 0.29) is 12.0 Å². The molecule has 1 saturated carbocycles. The third kappa shape index (κ3) is 4.60. The van der Waals surface area contributed by atoms with Crippen molar-refractivity contribution in [3.63, 3.8) is 0 Å². The molecule has 1 aromatic heterocycles. The van der Waals surface area contributed by atoms with Gasteiger partial charge in [-0.1, -0.05) is 31.7 Å². The van der Waals surface area contributed by atoms with Crippen molar-refractivity contribution in [3.8, 4) is 0 Å². The maximum Gasteiger partial charge on any atom is 0.323 e. The average Bonchev–Trinajstić information content (AvgIpc) is 2.81. The molecule has 1 aromatic rings. The number of ether oxygens (including phenoxy) is 1. The third-order valence-corrected chi connectivity index (χ3v) is 4.86. The molecular formula is C16H25NO2S. The minimum atomic E-state index is -0.143. The highest BCUT2D eigenvalue weighted by atomic mass is 32.1. The van der Waals surface area contributed by atoms with Crippen LogP contribution >= 0.6 is 11.3 Å². The van der Waals surface area contributed by atoms with Crippen molar-refractivity contribution in [3.05, 3.63) is 22.4 Å². The van der Waals surface area contributed by atoms with Gasteiger partial charge >= 0.3 is 5.97 Å². The highest BCUT2D eigenvalue weighted by molar-refractivity contribution is 7.09. The normalized spacial score (nSPS) is 18.4. The number of rotatable bonds is 6. The van der Waals surface area contributed by atoms with Gasteiger partial charge < -0.3 is 4.74 Å². The van der Waals surface area contributed by atoms with Gasteiger partial charge in [0.05, 0.1) is 6.61 Å². The first-order valence-corrected chi connectivity index (χ1v) is 8.61. The Labute approximate surface area is 125 Å². The van der Waals surface area contributed by atoms with Crippen LogP contribution in [0.15, 0.2) is 17.5 Å². The topological polar surface area (TPSA) is 38.3 Å². The smallest absolute Gasteiger partial charge is 0.323 e. The Balaban J connectivity index is 1.96. The Morgan fingerprint density at radius 2 is 2.15 bits per heavy atom. The van der Waals surface area contributed by atoms with Crippen LogP contribution in [-0.4, -0.2) is 18.6 Å². The summed E-state index contributed by atoms with van der Waals surface area (Å²) < 4.78 is 5.27. The van der Waals surface area contributed by atoms with Gasteiger partial charge in [-0.25, -0.2) is 0 Å². The fraction of sp³-hybridized carbons (Fsp3) is 0.688. The van der Waals surface area contributed by atoms with Crippen LogP contribution in [0.4, 0.5) is 0 Å². The molecule has 0 radical (unpaired) electrons. The largest absolute Gasteiger partial charge is 0.465 e. The molecule has 1 fully saturated rings. The molecule has 1 aliphatic rings. The summed E-state index contributed by atoms with van der Waals surface area (Å²) in [5.74, 6) is 0.354. The number of carbonyl (C=O) groups is 1. The van der Waals surface area contributed by atoms with Crippen LogP contribution in [0.2, 0.25) is 0 Å². The number of thiophene rings is 1. The third-order valence-electron chi connectivity index (χ3n) is 3.99. The molecule has 20 heavy (non-hydrogen) atoms. The first-order chi connectivity index (χ1) is 9.81. The monoisotopic (exact) mass is 295 g/mol. The second kappa shape index (κ2) is 8.42. The zero-order chi connectivity index (χ0) is 14.2. The Kier molecular flexibility index (Phi) is 6.54. The maximum absolute atomic E-state index is 12.2. The molecule has 0 aromatic carbocycles. The van der Waals surface area contributed by atoms with Crippen molar-refractivity contribution < 1.29 is 9.53 Å². The van der Waals surface area contributed by atoms with Gasteiger partial charge in [0.1, 0.15) is 6.04 Å². The quantitative estimate of drug-likeness (QED) is 0.642. The average molecular weight is 295 g/mol. The van der Waals surface area contributed by atoms with Gasteiger partial charge in [0.2, 0.25) is 0 Å². The van der Waals surface area contributed by atoms with Gasteiger partial charge in [0, 0.05) is 11.4 Å². The first kappa shape index (κ1) is 15.5. The van der Waals surface area contributed by atoms with Crippen molar-refractivity contribution in [2.75, 3.05) is 6.61 Å². The van der Waals surface area contributed by atoms with Crippen molar-refractivity contribution in [2.45, 2.75) is 58.0 Å². The molecule has 3 nitrogen and oxygen atoms in total. The summed E-state index contributed by atoms with van der Waals surface area (Å²) in [6.45, 7) is 3.10. The fourth-order valence-corrected chi connectivity index (χ4v) is 3.60. The number of hydrogen-bond donors (Lipinski definition) is 1. The van der Waals surface area contributed by atoms with E-state index < -0.39 is 0 Å². The lowest BCUT2D eigenvalue weighted by Gasteiger charge is -2.25. The van der Waals surface area contributed by atoms with Crippen LogP contribution in [0.25, 0.3) is 0 Å². The van der Waals surface area contributed by atoms with E-state index in [1.807, 2.05) is 13.0 Å². The molecule has 1 heterocycles. The Hall–Kier alpha value is -0.870. The Morgan fingerprint density at radius 1 is 1.40 bits per heavy atom. The summed E-state index contributed by atoms with van der Waals surface area (Å²) in [5.41, 5.74) is 0. The minimum Gasteiger partial charge on any atom is -0.465 e. The summed E-state index contributed by atoms with van der Waals surface area (Å²) in [6, 6.07) is 4.01. The SMILES string of the molecule is CCOC(=O)C(NCc1cccs1)C1CCCCCC1. The molecule has 1 atom stereocenters. The molecule has 1 aliphatic carbocycles. The van der Waals surface area contributed by atoms with Crippen molar-refractivity contribution in [1.82, 2.24) is 5.32 Å². The summed E-state index contributed by atoms with van der Waals surface area (Å²) in [5, 5.41) is 5.51. The fourth-order valence-electron chi connectivity index (χ4n) is 2.94. The molecule has 1 unspecified atom stereocenters. The second-order valence-electron chi connectivity index (χ2n) is 5.44. The predicted molar refractivity (Wildman–Crippen MR) is 82.8 cm³/mol. The lowest BCUT2D eigenvalue weighted by Crippen LogP contribution is -2.43. The van der Waals surface area contributed by atoms with E-state index in [1.165, 1.54) is 30.6 Å². The van der Waals surface area contributed by atoms with Gasteiger partial charge in [0.15, 0.2) is 0 Å². The van der Waals surface area contributed by atoms with Gasteiger partial charge in [0.25, 0.3) is 0 Å². The Morgan fingerprint density at radius 3 is 2.75 bits per heavy atom. The van der Waals surface area contributed by atoms with E-state index in [1.54, 1.807) is 11.3 Å². The van der Waals surface area contributed by atoms with Crippen LogP contribution in [-0.2, 0) is 16.1 Å². The molecule has 0 spiro atoms. The molecule has 112 valence electrons. The van der Waals surface area contributed by atoms with Gasteiger partial charge in [-0.15, -0.1) is 11.3 Å². The van der Waals surface area contributed by atoms with E-state index >= 15 is 0 Å². The highest BCUT2D eigenvalue weighted by Gasteiger charge is 2.29. The van der Waals surface area contributed by atoms with Crippen LogP contribution < -0.4 is 5.32 Å². The molecule has 0 bridgehead atoms. The zero-order valence-corrected chi connectivity index (χ0v) is 13.1. The van der Waals surface area contributed by atoms with Gasteiger partial charge in [-0.05, 0) is 37.1 Å². The number of esters is 1. The number of carbonyl (C=O) groups excluding carboxylic acids is 1. The Bertz CT molecular complexity index is 383. The second-order valence-corrected chi connectivity index (χ2v) is 6.47. The van der Waals surface area contributed by atoms with Crippen LogP contribution in [0, 0.1) is 5.92 Å². The van der Waals surface area contributed by atoms with Gasteiger partial charge in [-0.3, -0.25) is 10.1 Å². The van der Waals surface area contributed by atoms with Crippen LogP contribution in [0.1, 0.15) is 50.3 Å². The molecule has 0 aliphatic heterocycles. The van der Waals surface area contributed by atoms with E-state index in [9.17, 15) is 4.79 Å². The maximum atomic E-state index is 12.2. The van der Waals surface area contributed by atoms with E-state index in [4.69, 9.17) is 4.74 Å². The lowest BCUT2D eigenvalue weighted by atomic mass is 9.91. The van der Waals surface area contributed by atoms with E-state index in [2.05, 4.69) is 16.8 Å². The summed E-state index contributed by atoms with van der Waals surface area (Å²) in [7, 11) is 0. The van der Waals surface area contributed by atoms with Crippen LogP contribution in [0.5, 0.6) is 0 Å². The minimum absolute atomic E-state index is 0.0732. The molecular weight excluding hydrogens is 270 g/mol. The van der Waals surface area contributed by atoms with Crippen molar-refractivity contribution in [2.24, 2.45) is 5.92 Å². The molecule has 2 rings (SSSR count).